The van der Waals surface area contributed by atoms with Crippen LogP contribution in [-0.2, 0) is 8.85 Å². The van der Waals surface area contributed by atoms with Gasteiger partial charge in [0.15, 0.2) is 0 Å². The topological polar surface area (TPSA) is 18.5 Å². The second-order valence-electron chi connectivity index (χ2n) is 6.10. The van der Waals surface area contributed by atoms with Crippen LogP contribution in [-0.4, -0.2) is 21.8 Å². The van der Waals surface area contributed by atoms with Crippen molar-refractivity contribution in [1.29, 1.82) is 0 Å². The number of hydrogen-bond acceptors (Lipinski definition) is 2. The van der Waals surface area contributed by atoms with Gasteiger partial charge in [-0.15, -0.1) is 0 Å². The molecule has 2 rings (SSSR count). The fraction of sp³-hybridized carbons (Fsp3) is 0.556. The minimum absolute atomic E-state index is 0.326. The maximum absolute atomic E-state index is 6.47. The number of hydrogen-bond donors (Lipinski definition) is 0. The Hall–Kier alpha value is -0.903. The molecule has 0 spiro atoms. The van der Waals surface area contributed by atoms with Gasteiger partial charge >= 0.3 is 8.56 Å². The van der Waals surface area contributed by atoms with E-state index in [0.29, 0.717) is 24.3 Å². The van der Waals surface area contributed by atoms with Crippen molar-refractivity contribution in [1.82, 2.24) is 0 Å². The standard InChI is InChI=1S/C18H28O2Si/c1-7-19-21(20-8-2,17-13(3)9-10-14(17)4)18-15(5)11-12-16(18)6/h9-12,17-18H,7-8H2,1-6H3. The molecule has 0 aromatic rings. The molecule has 2 aliphatic carbocycles. The summed E-state index contributed by atoms with van der Waals surface area (Å²) in [6.45, 7) is 14.4. The van der Waals surface area contributed by atoms with Crippen LogP contribution in [0.2, 0.25) is 11.1 Å². The average Bonchev–Trinajstić information content (AvgIpc) is 2.93. The number of rotatable bonds is 6. The van der Waals surface area contributed by atoms with Crippen molar-refractivity contribution in [2.45, 2.75) is 52.6 Å². The molecule has 0 aliphatic heterocycles. The van der Waals surface area contributed by atoms with E-state index in [9.17, 15) is 0 Å². The van der Waals surface area contributed by atoms with Crippen LogP contribution in [0, 0.1) is 0 Å². The van der Waals surface area contributed by atoms with Gasteiger partial charge in [-0.2, -0.15) is 0 Å². The highest BCUT2D eigenvalue weighted by Gasteiger charge is 2.56. The summed E-state index contributed by atoms with van der Waals surface area (Å²) in [6.07, 6.45) is 8.92. The zero-order valence-corrected chi connectivity index (χ0v) is 15.2. The lowest BCUT2D eigenvalue weighted by Crippen LogP contribution is -2.52. The molecule has 0 amide bonds. The molecule has 0 aromatic carbocycles. The quantitative estimate of drug-likeness (QED) is 0.639. The Morgan fingerprint density at radius 1 is 0.714 bits per heavy atom. The molecule has 2 nitrogen and oxygen atoms in total. The van der Waals surface area contributed by atoms with Gasteiger partial charge in [-0.25, -0.2) is 0 Å². The second-order valence-corrected chi connectivity index (χ2v) is 9.27. The van der Waals surface area contributed by atoms with Gasteiger partial charge in [0, 0.05) is 24.3 Å². The molecule has 0 bridgehead atoms. The molecule has 0 saturated carbocycles. The molecule has 0 saturated heterocycles. The first-order valence-corrected chi connectivity index (χ1v) is 9.92. The van der Waals surface area contributed by atoms with E-state index in [0.717, 1.165) is 0 Å². The lowest BCUT2D eigenvalue weighted by molar-refractivity contribution is 0.174. The third-order valence-corrected chi connectivity index (χ3v) is 9.49. The van der Waals surface area contributed by atoms with Crippen LogP contribution in [0.25, 0.3) is 0 Å². The van der Waals surface area contributed by atoms with E-state index in [1.54, 1.807) is 0 Å². The number of allylic oxidation sites excluding steroid dienone is 8. The van der Waals surface area contributed by atoms with Crippen molar-refractivity contribution < 1.29 is 8.85 Å². The molecule has 0 heterocycles. The van der Waals surface area contributed by atoms with Crippen LogP contribution in [0.1, 0.15) is 41.5 Å². The Morgan fingerprint density at radius 3 is 1.24 bits per heavy atom. The van der Waals surface area contributed by atoms with Crippen LogP contribution >= 0.6 is 0 Å². The van der Waals surface area contributed by atoms with Gasteiger partial charge in [0.1, 0.15) is 0 Å². The normalized spacial score (nSPS) is 20.5. The Bertz CT molecular complexity index is 441. The summed E-state index contributed by atoms with van der Waals surface area (Å²) in [4.78, 5) is 0. The fourth-order valence-corrected chi connectivity index (χ4v) is 8.80. The summed E-state index contributed by atoms with van der Waals surface area (Å²) in [5.41, 5.74) is 6.18. The second kappa shape index (κ2) is 6.47. The van der Waals surface area contributed by atoms with E-state index in [4.69, 9.17) is 8.85 Å². The van der Waals surface area contributed by atoms with Crippen molar-refractivity contribution in [2.75, 3.05) is 13.2 Å². The van der Waals surface area contributed by atoms with Crippen molar-refractivity contribution in [3.05, 3.63) is 46.6 Å². The van der Waals surface area contributed by atoms with Gasteiger partial charge in [-0.1, -0.05) is 46.6 Å². The molecule has 0 fully saturated rings. The Kier molecular flexibility index (Phi) is 5.07. The monoisotopic (exact) mass is 304 g/mol. The molecular formula is C18H28O2Si. The molecule has 116 valence electrons. The molecular weight excluding hydrogens is 276 g/mol. The van der Waals surface area contributed by atoms with E-state index >= 15 is 0 Å². The highest BCUT2D eigenvalue weighted by molar-refractivity contribution is 6.73. The van der Waals surface area contributed by atoms with Crippen LogP contribution in [0.15, 0.2) is 46.6 Å². The van der Waals surface area contributed by atoms with Crippen molar-refractivity contribution in [3.63, 3.8) is 0 Å². The summed E-state index contributed by atoms with van der Waals surface area (Å²) in [6, 6.07) is 0. The van der Waals surface area contributed by atoms with Crippen molar-refractivity contribution in [3.8, 4) is 0 Å². The van der Waals surface area contributed by atoms with Gasteiger partial charge in [-0.3, -0.25) is 0 Å². The van der Waals surface area contributed by atoms with E-state index < -0.39 is 8.56 Å². The van der Waals surface area contributed by atoms with Crippen molar-refractivity contribution in [2.24, 2.45) is 0 Å². The minimum Gasteiger partial charge on any atom is -0.393 e. The minimum atomic E-state index is -2.45. The van der Waals surface area contributed by atoms with Gasteiger partial charge < -0.3 is 8.85 Å². The largest absolute Gasteiger partial charge is 0.393 e. The van der Waals surface area contributed by atoms with Crippen LogP contribution in [0.3, 0.4) is 0 Å². The third kappa shape index (κ3) is 2.74. The highest BCUT2D eigenvalue weighted by atomic mass is 28.4. The van der Waals surface area contributed by atoms with Gasteiger partial charge in [0.25, 0.3) is 0 Å². The van der Waals surface area contributed by atoms with Crippen LogP contribution in [0.5, 0.6) is 0 Å². The zero-order chi connectivity index (χ0) is 15.6. The first-order chi connectivity index (χ1) is 9.97. The third-order valence-electron chi connectivity index (χ3n) is 4.58. The molecule has 0 aromatic heterocycles. The Balaban J connectivity index is 2.53. The van der Waals surface area contributed by atoms with Gasteiger partial charge in [0.05, 0.1) is 0 Å². The molecule has 2 aliphatic rings. The Labute approximate surface area is 130 Å². The lowest BCUT2D eigenvalue weighted by Gasteiger charge is -2.42. The first-order valence-electron chi connectivity index (χ1n) is 7.95. The predicted molar refractivity (Wildman–Crippen MR) is 91.5 cm³/mol. The summed E-state index contributed by atoms with van der Waals surface area (Å²) in [5.74, 6) is 0. The Morgan fingerprint density at radius 2 is 1.00 bits per heavy atom. The first kappa shape index (κ1) is 16.5. The fourth-order valence-electron chi connectivity index (χ4n) is 3.89. The molecule has 0 unspecified atom stereocenters. The smallest absolute Gasteiger partial charge is 0.361 e. The molecule has 0 radical (unpaired) electrons. The summed E-state index contributed by atoms with van der Waals surface area (Å²) in [7, 11) is -2.45. The van der Waals surface area contributed by atoms with E-state index in [-0.39, 0.29) is 0 Å². The van der Waals surface area contributed by atoms with Crippen LogP contribution in [0.4, 0.5) is 0 Å². The molecule has 0 N–H and O–H groups in total. The lowest BCUT2D eigenvalue weighted by atomic mass is 10.2. The predicted octanol–water partition coefficient (Wildman–Crippen LogP) is 5.05. The molecule has 21 heavy (non-hydrogen) atoms. The van der Waals surface area contributed by atoms with E-state index in [1.807, 2.05) is 0 Å². The maximum Gasteiger partial charge on any atom is 0.361 e. The highest BCUT2D eigenvalue weighted by Crippen LogP contribution is 2.52. The summed E-state index contributed by atoms with van der Waals surface area (Å²) in [5, 5.41) is 0. The molecule has 3 heteroatoms. The van der Waals surface area contributed by atoms with E-state index in [1.165, 1.54) is 22.3 Å². The average molecular weight is 305 g/mol. The van der Waals surface area contributed by atoms with Crippen molar-refractivity contribution >= 4 is 8.56 Å². The maximum atomic E-state index is 6.47. The van der Waals surface area contributed by atoms with Gasteiger partial charge in [0.2, 0.25) is 0 Å². The SMILES string of the molecule is CCO[Si](OCC)(C1C(C)=CC=C1C)C1C(C)=CC=C1C. The van der Waals surface area contributed by atoms with E-state index in [2.05, 4.69) is 65.8 Å². The van der Waals surface area contributed by atoms with Crippen LogP contribution < -0.4 is 0 Å². The van der Waals surface area contributed by atoms with Gasteiger partial charge in [-0.05, 0) is 41.5 Å². The summed E-state index contributed by atoms with van der Waals surface area (Å²) < 4.78 is 12.9. The summed E-state index contributed by atoms with van der Waals surface area (Å²) >= 11 is 0. The molecule has 0 atom stereocenters. The zero-order valence-electron chi connectivity index (χ0n) is 14.2.